The predicted molar refractivity (Wildman–Crippen MR) is 109 cm³/mol. The summed E-state index contributed by atoms with van der Waals surface area (Å²) in [5.41, 5.74) is 1.77. The molecule has 0 saturated heterocycles. The molecule has 0 aliphatic carbocycles. The Hall–Kier alpha value is -2.25. The number of ether oxygens (including phenoxy) is 1. The van der Waals surface area contributed by atoms with E-state index in [1.54, 1.807) is 42.5 Å². The fourth-order valence-corrected chi connectivity index (χ4v) is 3.50. The van der Waals surface area contributed by atoms with E-state index in [0.717, 1.165) is 22.5 Å². The number of carbonyl (C=O) groups excluding carboxylic acids is 1. The summed E-state index contributed by atoms with van der Waals surface area (Å²) < 4.78 is 30.9. The van der Waals surface area contributed by atoms with Crippen LogP contribution in [0, 0.1) is 6.92 Å². The SMILES string of the molecule is CCCOc1ccc(N(CC(=O)Nc2ccc(Cl)cc2C)S(C)(=O)=O)cc1. The number of carbonyl (C=O) groups is 1. The number of nitrogens with one attached hydrogen (secondary N) is 1. The fourth-order valence-electron chi connectivity index (χ4n) is 2.42. The van der Waals surface area contributed by atoms with Crippen LogP contribution in [0.4, 0.5) is 11.4 Å². The first-order valence-corrected chi connectivity index (χ1v) is 10.7. The van der Waals surface area contributed by atoms with Crippen LogP contribution in [0.3, 0.4) is 0 Å². The van der Waals surface area contributed by atoms with Gasteiger partial charge in [0.15, 0.2) is 0 Å². The van der Waals surface area contributed by atoms with Gasteiger partial charge in [-0.15, -0.1) is 0 Å². The van der Waals surface area contributed by atoms with Crippen molar-refractivity contribution in [3.05, 3.63) is 53.1 Å². The van der Waals surface area contributed by atoms with E-state index in [0.29, 0.717) is 28.8 Å². The Kier molecular flexibility index (Phi) is 7.10. The van der Waals surface area contributed by atoms with Crippen LogP contribution < -0.4 is 14.4 Å². The minimum absolute atomic E-state index is 0.337. The van der Waals surface area contributed by atoms with Gasteiger partial charge >= 0.3 is 0 Å². The first-order chi connectivity index (χ1) is 12.7. The van der Waals surface area contributed by atoms with E-state index in [9.17, 15) is 13.2 Å². The molecular formula is C19H23ClN2O4S. The molecule has 0 bridgehead atoms. The van der Waals surface area contributed by atoms with Crippen molar-refractivity contribution in [1.82, 2.24) is 0 Å². The van der Waals surface area contributed by atoms with Crippen molar-refractivity contribution >= 4 is 38.9 Å². The minimum atomic E-state index is -3.64. The number of halogens is 1. The summed E-state index contributed by atoms with van der Waals surface area (Å²) in [5, 5.41) is 3.28. The fraction of sp³-hybridized carbons (Fsp3) is 0.316. The van der Waals surface area contributed by atoms with Gasteiger partial charge in [0, 0.05) is 10.7 Å². The van der Waals surface area contributed by atoms with Crippen molar-refractivity contribution in [2.45, 2.75) is 20.3 Å². The molecule has 27 heavy (non-hydrogen) atoms. The molecule has 0 aromatic heterocycles. The largest absolute Gasteiger partial charge is 0.494 e. The number of anilines is 2. The molecule has 0 aliphatic heterocycles. The number of benzene rings is 2. The lowest BCUT2D eigenvalue weighted by Gasteiger charge is -2.22. The van der Waals surface area contributed by atoms with Gasteiger partial charge in [-0.3, -0.25) is 9.10 Å². The van der Waals surface area contributed by atoms with Gasteiger partial charge in [-0.05, 0) is 61.4 Å². The summed E-state index contributed by atoms with van der Waals surface area (Å²) in [6, 6.07) is 11.7. The van der Waals surface area contributed by atoms with Crippen LogP contribution in [-0.2, 0) is 14.8 Å². The van der Waals surface area contributed by atoms with Gasteiger partial charge in [0.1, 0.15) is 12.3 Å². The van der Waals surface area contributed by atoms with E-state index in [1.807, 2.05) is 13.8 Å². The predicted octanol–water partition coefficient (Wildman–Crippen LogP) is 3.84. The number of nitrogens with zero attached hydrogens (tertiary/aromatic N) is 1. The summed E-state index contributed by atoms with van der Waals surface area (Å²) in [5.74, 6) is 0.201. The highest BCUT2D eigenvalue weighted by atomic mass is 35.5. The highest BCUT2D eigenvalue weighted by Crippen LogP contribution is 2.23. The summed E-state index contributed by atoms with van der Waals surface area (Å²) in [6.45, 7) is 4.06. The van der Waals surface area contributed by atoms with Crippen molar-refractivity contribution in [3.8, 4) is 5.75 Å². The Morgan fingerprint density at radius 2 is 1.85 bits per heavy atom. The van der Waals surface area contributed by atoms with Gasteiger partial charge in [-0.2, -0.15) is 0 Å². The maximum Gasteiger partial charge on any atom is 0.245 e. The third-order valence-corrected chi connectivity index (χ3v) is 5.12. The quantitative estimate of drug-likeness (QED) is 0.717. The zero-order valence-electron chi connectivity index (χ0n) is 15.5. The van der Waals surface area contributed by atoms with Gasteiger partial charge in [0.25, 0.3) is 0 Å². The molecule has 0 atom stereocenters. The van der Waals surface area contributed by atoms with Crippen LogP contribution in [0.2, 0.25) is 5.02 Å². The lowest BCUT2D eigenvalue weighted by Crippen LogP contribution is -2.37. The number of hydrogen-bond acceptors (Lipinski definition) is 4. The van der Waals surface area contributed by atoms with Crippen LogP contribution in [0.1, 0.15) is 18.9 Å². The van der Waals surface area contributed by atoms with Crippen LogP contribution in [0.25, 0.3) is 0 Å². The van der Waals surface area contributed by atoms with Gasteiger partial charge in [0.05, 0.1) is 18.6 Å². The van der Waals surface area contributed by atoms with Crippen molar-refractivity contribution in [2.75, 3.05) is 29.0 Å². The number of rotatable bonds is 8. The van der Waals surface area contributed by atoms with E-state index >= 15 is 0 Å². The van der Waals surface area contributed by atoms with Gasteiger partial charge in [-0.25, -0.2) is 8.42 Å². The molecule has 0 spiro atoms. The van der Waals surface area contributed by atoms with Crippen molar-refractivity contribution in [3.63, 3.8) is 0 Å². The molecule has 0 heterocycles. The van der Waals surface area contributed by atoms with Crippen molar-refractivity contribution in [2.24, 2.45) is 0 Å². The Morgan fingerprint density at radius 3 is 2.41 bits per heavy atom. The molecule has 2 rings (SSSR count). The lowest BCUT2D eigenvalue weighted by molar-refractivity contribution is -0.114. The molecule has 0 aliphatic rings. The standard InChI is InChI=1S/C19H23ClN2O4S/c1-4-11-26-17-8-6-16(7-9-17)22(27(3,24)25)13-19(23)21-18-10-5-15(20)12-14(18)2/h5-10,12H,4,11,13H2,1-3H3,(H,21,23). The molecule has 1 amide bonds. The Balaban J connectivity index is 2.16. The molecule has 1 N–H and O–H groups in total. The van der Waals surface area contributed by atoms with Crippen LogP contribution in [0.5, 0.6) is 5.75 Å². The normalized spacial score (nSPS) is 11.1. The number of amides is 1. The van der Waals surface area contributed by atoms with Crippen molar-refractivity contribution in [1.29, 1.82) is 0 Å². The highest BCUT2D eigenvalue weighted by Gasteiger charge is 2.21. The average Bonchev–Trinajstić information content (AvgIpc) is 2.60. The molecule has 0 radical (unpaired) electrons. The van der Waals surface area contributed by atoms with Crippen LogP contribution >= 0.6 is 11.6 Å². The summed E-state index contributed by atoms with van der Waals surface area (Å²) >= 11 is 5.91. The smallest absolute Gasteiger partial charge is 0.245 e. The second-order valence-corrected chi connectivity index (χ2v) is 8.46. The second-order valence-electron chi connectivity index (χ2n) is 6.12. The van der Waals surface area contributed by atoms with Gasteiger partial charge < -0.3 is 10.1 Å². The zero-order chi connectivity index (χ0) is 20.0. The second kappa shape index (κ2) is 9.10. The highest BCUT2D eigenvalue weighted by molar-refractivity contribution is 7.92. The van der Waals surface area contributed by atoms with E-state index in [-0.39, 0.29) is 6.54 Å². The van der Waals surface area contributed by atoms with Gasteiger partial charge in [-0.1, -0.05) is 18.5 Å². The number of aryl methyl sites for hydroxylation is 1. The monoisotopic (exact) mass is 410 g/mol. The average molecular weight is 411 g/mol. The minimum Gasteiger partial charge on any atom is -0.494 e. The zero-order valence-corrected chi connectivity index (χ0v) is 17.1. The molecule has 146 valence electrons. The summed E-state index contributed by atoms with van der Waals surface area (Å²) in [7, 11) is -3.64. The topological polar surface area (TPSA) is 75.7 Å². The molecule has 8 heteroatoms. The molecule has 6 nitrogen and oxygen atoms in total. The first kappa shape index (κ1) is 21.1. The third-order valence-electron chi connectivity index (χ3n) is 3.75. The van der Waals surface area contributed by atoms with Crippen molar-refractivity contribution < 1.29 is 17.9 Å². The van der Waals surface area contributed by atoms with Crippen LogP contribution in [-0.4, -0.2) is 33.7 Å². The summed E-state index contributed by atoms with van der Waals surface area (Å²) in [6.07, 6.45) is 1.94. The van der Waals surface area contributed by atoms with E-state index in [1.165, 1.54) is 0 Å². The molecule has 2 aromatic rings. The van der Waals surface area contributed by atoms with E-state index in [4.69, 9.17) is 16.3 Å². The number of sulfonamides is 1. The Labute approximate surface area is 165 Å². The molecule has 0 fully saturated rings. The molecule has 2 aromatic carbocycles. The lowest BCUT2D eigenvalue weighted by atomic mass is 10.2. The Morgan fingerprint density at radius 1 is 1.19 bits per heavy atom. The summed E-state index contributed by atoms with van der Waals surface area (Å²) in [4.78, 5) is 12.4. The molecule has 0 saturated carbocycles. The maximum absolute atomic E-state index is 12.4. The maximum atomic E-state index is 12.4. The third kappa shape index (κ3) is 6.15. The van der Waals surface area contributed by atoms with Crippen LogP contribution in [0.15, 0.2) is 42.5 Å². The van der Waals surface area contributed by atoms with Gasteiger partial charge in [0.2, 0.25) is 15.9 Å². The Bertz CT molecular complexity index is 898. The van der Waals surface area contributed by atoms with E-state index < -0.39 is 15.9 Å². The molecular weight excluding hydrogens is 388 g/mol. The van der Waals surface area contributed by atoms with E-state index in [2.05, 4.69) is 5.32 Å². The molecule has 0 unspecified atom stereocenters. The first-order valence-electron chi connectivity index (χ1n) is 8.47. The number of hydrogen-bond donors (Lipinski definition) is 1.